The van der Waals surface area contributed by atoms with Crippen molar-refractivity contribution >= 4 is 17.4 Å². The molecule has 1 N–H and O–H groups in total. The molecule has 3 aromatic rings. The highest BCUT2D eigenvalue weighted by Gasteiger charge is 2.37. The summed E-state index contributed by atoms with van der Waals surface area (Å²) < 4.78 is 58.9. The Kier molecular flexibility index (Phi) is 5.69. The molecule has 0 fully saturated rings. The summed E-state index contributed by atoms with van der Waals surface area (Å²) in [6, 6.07) is 7.73. The number of fused-ring (bicyclic) bond motifs is 1. The van der Waals surface area contributed by atoms with Crippen molar-refractivity contribution < 1.29 is 31.9 Å². The lowest BCUT2D eigenvalue weighted by Gasteiger charge is -2.28. The van der Waals surface area contributed by atoms with Crippen molar-refractivity contribution in [1.29, 1.82) is 0 Å². The third kappa shape index (κ3) is 4.33. The molecule has 0 saturated heterocycles. The predicted octanol–water partition coefficient (Wildman–Crippen LogP) is 5.23. The van der Waals surface area contributed by atoms with Crippen LogP contribution in [0, 0.1) is 5.82 Å². The molecule has 1 aliphatic rings. The number of benzene rings is 2. The molecule has 172 valence electrons. The van der Waals surface area contributed by atoms with Gasteiger partial charge in [-0.15, -0.1) is 0 Å². The summed E-state index contributed by atoms with van der Waals surface area (Å²) in [6.45, 7) is 1.82. The van der Waals surface area contributed by atoms with E-state index in [1.807, 2.05) is 6.92 Å². The molecular formula is C23H19F4N3O3. The summed E-state index contributed by atoms with van der Waals surface area (Å²) in [5.74, 6) is -2.25. The number of ketones is 1. The highest BCUT2D eigenvalue weighted by atomic mass is 19.4. The van der Waals surface area contributed by atoms with Crippen molar-refractivity contribution in [2.24, 2.45) is 0 Å². The normalized spacial score (nSPS) is 18.1. The summed E-state index contributed by atoms with van der Waals surface area (Å²) in [6.07, 6.45) is -2.81. The first kappa shape index (κ1) is 22.5. The summed E-state index contributed by atoms with van der Waals surface area (Å²) in [5.41, 5.74) is -0.0973. The van der Waals surface area contributed by atoms with Gasteiger partial charge in [0.05, 0.1) is 36.5 Å². The van der Waals surface area contributed by atoms with Gasteiger partial charge < -0.3 is 10.1 Å². The number of ether oxygens (including phenoxy) is 1. The van der Waals surface area contributed by atoms with Gasteiger partial charge in [-0.3, -0.25) is 14.3 Å². The zero-order valence-electron chi connectivity index (χ0n) is 17.6. The van der Waals surface area contributed by atoms with Crippen LogP contribution in [0.5, 0.6) is 5.75 Å². The quantitative estimate of drug-likeness (QED) is 0.540. The molecule has 1 aromatic heterocycles. The molecule has 1 amide bonds. The van der Waals surface area contributed by atoms with Crippen LogP contribution >= 0.6 is 0 Å². The predicted molar refractivity (Wildman–Crippen MR) is 111 cm³/mol. The molecule has 2 heterocycles. The van der Waals surface area contributed by atoms with E-state index in [0.29, 0.717) is 12.0 Å². The van der Waals surface area contributed by atoms with Crippen LogP contribution in [0.25, 0.3) is 0 Å². The second-order valence-corrected chi connectivity index (χ2v) is 7.81. The van der Waals surface area contributed by atoms with Crippen molar-refractivity contribution in [2.45, 2.75) is 31.5 Å². The Labute approximate surface area is 186 Å². The fourth-order valence-corrected chi connectivity index (χ4v) is 3.94. The maximum Gasteiger partial charge on any atom is 0.416 e. The summed E-state index contributed by atoms with van der Waals surface area (Å²) in [4.78, 5) is 26.0. The van der Waals surface area contributed by atoms with Crippen LogP contribution in [0.15, 0.2) is 48.7 Å². The highest BCUT2D eigenvalue weighted by molar-refractivity contribution is 6.10. The summed E-state index contributed by atoms with van der Waals surface area (Å²) in [5, 5.41) is 6.78. The number of nitrogens with zero attached hydrogens (tertiary/aromatic N) is 2. The number of rotatable bonds is 4. The SMILES string of the molecule is COc1cc(F)cc(C(=O)Nc2cnn3c2C(=O)C(c2ccc(C(F)(F)F)cc2)C[C@@H]3C)c1. The van der Waals surface area contributed by atoms with Gasteiger partial charge in [-0.2, -0.15) is 18.3 Å². The number of anilines is 1. The third-order valence-electron chi connectivity index (χ3n) is 5.60. The molecule has 2 aromatic carbocycles. The zero-order chi connectivity index (χ0) is 23.9. The van der Waals surface area contributed by atoms with E-state index in [0.717, 1.165) is 24.3 Å². The Hall–Kier alpha value is -3.69. The minimum atomic E-state index is -4.47. The van der Waals surface area contributed by atoms with Crippen LogP contribution in [0.2, 0.25) is 0 Å². The van der Waals surface area contributed by atoms with Gasteiger partial charge in [0.25, 0.3) is 5.91 Å². The zero-order valence-corrected chi connectivity index (χ0v) is 17.6. The lowest BCUT2D eigenvalue weighted by molar-refractivity contribution is -0.137. The van der Waals surface area contributed by atoms with Gasteiger partial charge in [0.2, 0.25) is 0 Å². The molecule has 1 aliphatic heterocycles. The van der Waals surface area contributed by atoms with Crippen molar-refractivity contribution in [2.75, 3.05) is 12.4 Å². The van der Waals surface area contributed by atoms with Crippen LogP contribution in [-0.4, -0.2) is 28.6 Å². The smallest absolute Gasteiger partial charge is 0.416 e. The third-order valence-corrected chi connectivity index (χ3v) is 5.60. The number of carbonyl (C=O) groups is 2. The molecule has 33 heavy (non-hydrogen) atoms. The topological polar surface area (TPSA) is 73.2 Å². The Bertz CT molecular complexity index is 1220. The summed E-state index contributed by atoms with van der Waals surface area (Å²) in [7, 11) is 1.34. The fraction of sp³-hybridized carbons (Fsp3) is 0.261. The van der Waals surface area contributed by atoms with E-state index < -0.39 is 29.4 Å². The standard InChI is InChI=1S/C23H19F4N3O3/c1-12-7-18(13-3-5-15(6-4-13)23(25,26)27)21(31)20-19(11-28-30(12)20)29-22(32)14-8-16(24)10-17(9-14)33-2/h3-6,8-12,18H,7H2,1-2H3,(H,29,32)/t12-,18?/m0/s1. The number of hydrogen-bond donors (Lipinski definition) is 1. The lowest BCUT2D eigenvalue weighted by Crippen LogP contribution is -2.29. The van der Waals surface area contributed by atoms with Gasteiger partial charge >= 0.3 is 6.18 Å². The molecule has 0 saturated carbocycles. The van der Waals surface area contributed by atoms with Crippen molar-refractivity contribution in [3.63, 3.8) is 0 Å². The number of carbonyl (C=O) groups excluding carboxylic acids is 2. The maximum atomic E-state index is 13.8. The number of hydrogen-bond acceptors (Lipinski definition) is 4. The molecule has 1 unspecified atom stereocenters. The van der Waals surface area contributed by atoms with Crippen molar-refractivity contribution in [3.8, 4) is 5.75 Å². The molecule has 2 atom stereocenters. The first-order valence-corrected chi connectivity index (χ1v) is 10.0. The Morgan fingerprint density at radius 1 is 1.18 bits per heavy atom. The molecule has 0 bridgehead atoms. The minimum Gasteiger partial charge on any atom is -0.497 e. The van der Waals surface area contributed by atoms with Gasteiger partial charge in [0.1, 0.15) is 17.3 Å². The summed E-state index contributed by atoms with van der Waals surface area (Å²) >= 11 is 0. The van der Waals surface area contributed by atoms with Gasteiger partial charge in [-0.1, -0.05) is 12.1 Å². The van der Waals surface area contributed by atoms with Gasteiger partial charge in [0.15, 0.2) is 5.78 Å². The number of halogens is 4. The molecule has 6 nitrogen and oxygen atoms in total. The second-order valence-electron chi connectivity index (χ2n) is 7.81. The monoisotopic (exact) mass is 461 g/mol. The van der Waals surface area contributed by atoms with Crippen LogP contribution in [0.3, 0.4) is 0 Å². The van der Waals surface area contributed by atoms with E-state index in [1.54, 1.807) is 0 Å². The molecule has 4 rings (SSSR count). The van der Waals surface area contributed by atoms with Crippen LogP contribution in [0.4, 0.5) is 23.2 Å². The molecule has 10 heteroatoms. The lowest BCUT2D eigenvalue weighted by atomic mass is 9.84. The van der Waals surface area contributed by atoms with Crippen molar-refractivity contribution in [1.82, 2.24) is 9.78 Å². The van der Waals surface area contributed by atoms with Crippen LogP contribution in [0.1, 0.15) is 57.3 Å². The Morgan fingerprint density at radius 3 is 2.52 bits per heavy atom. The minimum absolute atomic E-state index is 0.0117. The van der Waals surface area contributed by atoms with E-state index in [1.165, 1.54) is 36.2 Å². The van der Waals surface area contributed by atoms with E-state index in [4.69, 9.17) is 4.74 Å². The average molecular weight is 461 g/mol. The largest absolute Gasteiger partial charge is 0.497 e. The van der Waals surface area contributed by atoms with E-state index >= 15 is 0 Å². The molecule has 0 spiro atoms. The number of nitrogens with one attached hydrogen (secondary N) is 1. The first-order chi connectivity index (χ1) is 15.6. The number of methoxy groups -OCH3 is 1. The van der Waals surface area contributed by atoms with Gasteiger partial charge in [-0.25, -0.2) is 4.39 Å². The van der Waals surface area contributed by atoms with E-state index in [-0.39, 0.29) is 34.5 Å². The molecular weight excluding hydrogens is 442 g/mol. The first-order valence-electron chi connectivity index (χ1n) is 10.0. The fourth-order valence-electron chi connectivity index (χ4n) is 3.94. The number of alkyl halides is 3. The van der Waals surface area contributed by atoms with Gasteiger partial charge in [0, 0.05) is 11.6 Å². The van der Waals surface area contributed by atoms with Crippen molar-refractivity contribution in [3.05, 3.63) is 76.9 Å². The van der Waals surface area contributed by atoms with E-state index in [2.05, 4.69) is 10.4 Å². The number of aromatic nitrogens is 2. The molecule has 0 radical (unpaired) electrons. The Morgan fingerprint density at radius 2 is 1.88 bits per heavy atom. The van der Waals surface area contributed by atoms with E-state index in [9.17, 15) is 27.2 Å². The molecule has 0 aliphatic carbocycles. The van der Waals surface area contributed by atoms with Crippen LogP contribution < -0.4 is 10.1 Å². The number of Topliss-reactive ketones (excluding diaryl/α,β-unsaturated/α-hetero) is 1. The average Bonchev–Trinajstić information content (AvgIpc) is 3.19. The number of amides is 1. The van der Waals surface area contributed by atoms with Gasteiger partial charge in [-0.05, 0) is 43.2 Å². The maximum absolute atomic E-state index is 13.8. The Balaban J connectivity index is 1.63. The van der Waals surface area contributed by atoms with Crippen LogP contribution in [-0.2, 0) is 6.18 Å². The second kappa shape index (κ2) is 8.34. The highest BCUT2D eigenvalue weighted by Crippen LogP contribution is 2.39.